The molecule has 0 aliphatic heterocycles. The second kappa shape index (κ2) is 8.72. The monoisotopic (exact) mass is 398 g/mol. The Kier molecular flexibility index (Phi) is 6.11. The summed E-state index contributed by atoms with van der Waals surface area (Å²) in [6, 6.07) is 9.69. The number of rotatable bonds is 7. The molecular formula is C21H23FN4O3. The van der Waals surface area contributed by atoms with Crippen LogP contribution in [0.5, 0.6) is 11.5 Å². The lowest BCUT2D eigenvalue weighted by Gasteiger charge is -2.21. The molecule has 2 aromatic heterocycles. The van der Waals surface area contributed by atoms with Gasteiger partial charge in [0.05, 0.1) is 0 Å². The molecule has 0 fully saturated rings. The summed E-state index contributed by atoms with van der Waals surface area (Å²) in [5.74, 6) is -0.0398. The van der Waals surface area contributed by atoms with E-state index in [1.54, 1.807) is 36.1 Å². The maximum atomic E-state index is 13.8. The van der Waals surface area contributed by atoms with Gasteiger partial charge in [0.15, 0.2) is 17.4 Å². The predicted molar refractivity (Wildman–Crippen MR) is 108 cm³/mol. The minimum Gasteiger partial charge on any atom is -0.454 e. The van der Waals surface area contributed by atoms with Gasteiger partial charge in [0, 0.05) is 31.6 Å². The van der Waals surface area contributed by atoms with Gasteiger partial charge in [-0.3, -0.25) is 14.3 Å². The molecule has 0 saturated heterocycles. The summed E-state index contributed by atoms with van der Waals surface area (Å²) in [4.78, 5) is 25.5. The molecule has 1 N–H and O–H groups in total. The van der Waals surface area contributed by atoms with E-state index in [4.69, 9.17) is 4.74 Å². The van der Waals surface area contributed by atoms with Crippen molar-refractivity contribution in [2.75, 3.05) is 5.32 Å². The van der Waals surface area contributed by atoms with E-state index in [1.165, 1.54) is 35.0 Å². The molecule has 1 unspecified atom stereocenters. The molecule has 0 spiro atoms. The zero-order valence-corrected chi connectivity index (χ0v) is 16.5. The van der Waals surface area contributed by atoms with Crippen molar-refractivity contribution in [3.8, 4) is 11.5 Å². The summed E-state index contributed by atoms with van der Waals surface area (Å²) in [6.45, 7) is 3.95. The number of amides is 1. The lowest BCUT2D eigenvalue weighted by molar-refractivity contribution is -0.119. The van der Waals surface area contributed by atoms with Crippen LogP contribution in [-0.4, -0.2) is 20.3 Å². The van der Waals surface area contributed by atoms with Crippen LogP contribution in [0.15, 0.2) is 59.7 Å². The van der Waals surface area contributed by atoms with E-state index in [0.717, 1.165) is 0 Å². The van der Waals surface area contributed by atoms with Gasteiger partial charge in [0.2, 0.25) is 5.91 Å². The van der Waals surface area contributed by atoms with Crippen molar-refractivity contribution in [3.05, 3.63) is 71.0 Å². The molecule has 0 radical (unpaired) electrons. The van der Waals surface area contributed by atoms with Crippen molar-refractivity contribution < 1.29 is 13.9 Å². The maximum Gasteiger partial charge on any atom is 0.254 e. The molecule has 0 bridgehead atoms. The molecule has 3 aromatic rings. The Labute approximate surface area is 167 Å². The van der Waals surface area contributed by atoms with E-state index in [9.17, 15) is 14.0 Å². The summed E-state index contributed by atoms with van der Waals surface area (Å²) < 4.78 is 22.2. The molecule has 1 aromatic carbocycles. The topological polar surface area (TPSA) is 78.2 Å². The highest BCUT2D eigenvalue weighted by atomic mass is 19.1. The standard InChI is InChI=1S/C21H23FN4O3/c1-14(2)12-17(21(28)23-19-9-10-25(3)24-19)26-11-8-15(13-20(26)27)29-18-7-5-4-6-16(18)22/h4-11,13-14,17H,12H2,1-3H3,(H,23,24,28). The number of para-hydroxylation sites is 1. The third-order valence-corrected chi connectivity index (χ3v) is 4.28. The number of hydrogen-bond donors (Lipinski definition) is 1. The summed E-state index contributed by atoms with van der Waals surface area (Å²) >= 11 is 0. The molecular weight excluding hydrogens is 375 g/mol. The Hall–Kier alpha value is -3.42. The van der Waals surface area contributed by atoms with E-state index in [-0.39, 0.29) is 23.3 Å². The Morgan fingerprint density at radius 2 is 1.97 bits per heavy atom. The van der Waals surface area contributed by atoms with Crippen LogP contribution in [0.2, 0.25) is 0 Å². The minimum atomic E-state index is -0.716. The van der Waals surface area contributed by atoms with Gasteiger partial charge in [0.1, 0.15) is 11.8 Å². The second-order valence-electron chi connectivity index (χ2n) is 7.15. The molecule has 3 rings (SSSR count). The quantitative estimate of drug-likeness (QED) is 0.658. The first-order valence-corrected chi connectivity index (χ1v) is 9.28. The fourth-order valence-electron chi connectivity index (χ4n) is 2.93. The summed E-state index contributed by atoms with van der Waals surface area (Å²) in [5, 5.41) is 6.88. The van der Waals surface area contributed by atoms with Gasteiger partial charge in [0.25, 0.3) is 5.56 Å². The van der Waals surface area contributed by atoms with Crippen LogP contribution in [0, 0.1) is 11.7 Å². The van der Waals surface area contributed by atoms with Gasteiger partial charge in [-0.25, -0.2) is 4.39 Å². The van der Waals surface area contributed by atoms with Gasteiger partial charge < -0.3 is 14.6 Å². The van der Waals surface area contributed by atoms with Crippen molar-refractivity contribution in [1.29, 1.82) is 0 Å². The fraction of sp³-hybridized carbons (Fsp3) is 0.286. The molecule has 0 saturated carbocycles. The van der Waals surface area contributed by atoms with E-state index >= 15 is 0 Å². The fourth-order valence-corrected chi connectivity index (χ4v) is 2.93. The Morgan fingerprint density at radius 3 is 2.59 bits per heavy atom. The number of ether oxygens (including phenoxy) is 1. The number of aromatic nitrogens is 3. The second-order valence-corrected chi connectivity index (χ2v) is 7.15. The Bertz CT molecular complexity index is 1060. The summed E-state index contributed by atoms with van der Waals surface area (Å²) in [7, 11) is 1.75. The van der Waals surface area contributed by atoms with E-state index < -0.39 is 17.4 Å². The number of carbonyl (C=O) groups excluding carboxylic acids is 1. The van der Waals surface area contributed by atoms with Crippen LogP contribution in [0.3, 0.4) is 0 Å². The van der Waals surface area contributed by atoms with Crippen molar-refractivity contribution in [3.63, 3.8) is 0 Å². The first kappa shape index (κ1) is 20.3. The molecule has 0 aliphatic rings. The van der Waals surface area contributed by atoms with Crippen LogP contribution in [0.1, 0.15) is 26.3 Å². The first-order chi connectivity index (χ1) is 13.8. The molecule has 0 aliphatic carbocycles. The normalized spacial score (nSPS) is 12.0. The van der Waals surface area contributed by atoms with E-state index in [2.05, 4.69) is 10.4 Å². The van der Waals surface area contributed by atoms with E-state index in [1.807, 2.05) is 13.8 Å². The lowest BCUT2D eigenvalue weighted by Crippen LogP contribution is -2.33. The number of hydrogen-bond acceptors (Lipinski definition) is 4. The van der Waals surface area contributed by atoms with Crippen LogP contribution < -0.4 is 15.6 Å². The number of aryl methyl sites for hydroxylation is 1. The molecule has 152 valence electrons. The van der Waals surface area contributed by atoms with Crippen LogP contribution in [0.25, 0.3) is 0 Å². The number of nitrogens with one attached hydrogen (secondary N) is 1. The summed E-state index contributed by atoms with van der Waals surface area (Å²) in [5.41, 5.74) is -0.416. The molecule has 1 atom stereocenters. The van der Waals surface area contributed by atoms with E-state index in [0.29, 0.717) is 12.2 Å². The number of carbonyl (C=O) groups is 1. The van der Waals surface area contributed by atoms with Crippen LogP contribution in [-0.2, 0) is 11.8 Å². The van der Waals surface area contributed by atoms with Crippen molar-refractivity contribution in [1.82, 2.24) is 14.3 Å². The third kappa shape index (κ3) is 5.10. The van der Waals surface area contributed by atoms with Gasteiger partial charge in [-0.05, 0) is 30.5 Å². The highest BCUT2D eigenvalue weighted by molar-refractivity contribution is 5.92. The minimum absolute atomic E-state index is 0.0243. The molecule has 7 nitrogen and oxygen atoms in total. The first-order valence-electron chi connectivity index (χ1n) is 9.28. The number of pyridine rings is 1. The van der Waals surface area contributed by atoms with Crippen molar-refractivity contribution >= 4 is 11.7 Å². The SMILES string of the molecule is CC(C)CC(C(=O)Nc1ccn(C)n1)n1ccc(Oc2ccccc2F)cc1=O. The van der Waals surface area contributed by atoms with Gasteiger partial charge >= 0.3 is 0 Å². The molecule has 1 amide bonds. The van der Waals surface area contributed by atoms with Gasteiger partial charge in [-0.15, -0.1) is 0 Å². The predicted octanol–water partition coefficient (Wildman–Crippen LogP) is 3.74. The zero-order chi connectivity index (χ0) is 21.0. The van der Waals surface area contributed by atoms with Crippen LogP contribution >= 0.6 is 0 Å². The largest absolute Gasteiger partial charge is 0.454 e. The molecule has 29 heavy (non-hydrogen) atoms. The number of anilines is 1. The van der Waals surface area contributed by atoms with Gasteiger partial charge in [-0.2, -0.15) is 5.10 Å². The number of nitrogens with zero attached hydrogens (tertiary/aromatic N) is 3. The van der Waals surface area contributed by atoms with Crippen LogP contribution in [0.4, 0.5) is 10.2 Å². The molecule has 2 heterocycles. The average Bonchev–Trinajstić information content (AvgIpc) is 3.06. The Morgan fingerprint density at radius 1 is 1.21 bits per heavy atom. The summed E-state index contributed by atoms with van der Waals surface area (Å²) in [6.07, 6.45) is 3.67. The third-order valence-electron chi connectivity index (χ3n) is 4.28. The lowest BCUT2D eigenvalue weighted by atomic mass is 10.0. The van der Waals surface area contributed by atoms with Crippen molar-refractivity contribution in [2.24, 2.45) is 13.0 Å². The average molecular weight is 398 g/mol. The number of benzene rings is 1. The van der Waals surface area contributed by atoms with Crippen molar-refractivity contribution in [2.45, 2.75) is 26.3 Å². The maximum absolute atomic E-state index is 13.8. The highest BCUT2D eigenvalue weighted by Crippen LogP contribution is 2.24. The molecule has 8 heteroatoms. The Balaban J connectivity index is 1.84. The van der Waals surface area contributed by atoms with Gasteiger partial charge in [-0.1, -0.05) is 26.0 Å². The zero-order valence-electron chi connectivity index (χ0n) is 16.5. The smallest absolute Gasteiger partial charge is 0.254 e. The highest BCUT2D eigenvalue weighted by Gasteiger charge is 2.23. The number of halogens is 1.